The van der Waals surface area contributed by atoms with Gasteiger partial charge in [-0.05, 0) is 0 Å². The zero-order valence-corrected chi connectivity index (χ0v) is 16.3. The SMILES string of the molecule is COCc1cc(-c2n[n]([Tl])c3ccc([N+](=O)[O-])cc23)ccn1. The van der Waals surface area contributed by atoms with Gasteiger partial charge in [-0.25, -0.2) is 0 Å². The Morgan fingerprint density at radius 2 is 2.18 bits per heavy atom. The van der Waals surface area contributed by atoms with Crippen LogP contribution in [0.4, 0.5) is 5.69 Å². The summed E-state index contributed by atoms with van der Waals surface area (Å²) >= 11 is 0.475. The Kier molecular flexibility index (Phi) is 4.16. The average Bonchev–Trinajstić information content (AvgIpc) is 2.84. The molecule has 0 fully saturated rings. The molecule has 0 radical (unpaired) electrons. The van der Waals surface area contributed by atoms with E-state index in [1.165, 1.54) is 6.07 Å². The maximum absolute atomic E-state index is 11.0. The molecule has 0 spiro atoms. The van der Waals surface area contributed by atoms with Crippen LogP contribution in [0.1, 0.15) is 5.69 Å². The number of benzene rings is 1. The molecule has 0 aliphatic heterocycles. The van der Waals surface area contributed by atoms with Crippen molar-refractivity contribution in [3.63, 3.8) is 0 Å². The Labute approximate surface area is 142 Å². The molecular weight excluding hydrogens is 477 g/mol. The van der Waals surface area contributed by atoms with E-state index >= 15 is 0 Å². The van der Waals surface area contributed by atoms with Gasteiger partial charge in [0.05, 0.1) is 0 Å². The van der Waals surface area contributed by atoms with E-state index < -0.39 is 4.92 Å². The van der Waals surface area contributed by atoms with Gasteiger partial charge in [-0.1, -0.05) is 0 Å². The summed E-state index contributed by atoms with van der Waals surface area (Å²) in [4.78, 5) is 14.8. The van der Waals surface area contributed by atoms with E-state index in [1.807, 2.05) is 14.6 Å². The number of nitro benzene ring substituents is 1. The van der Waals surface area contributed by atoms with Crippen LogP contribution >= 0.6 is 0 Å². The Hall–Kier alpha value is -1.88. The van der Waals surface area contributed by atoms with Crippen molar-refractivity contribution in [2.45, 2.75) is 6.61 Å². The molecule has 0 N–H and O–H groups in total. The van der Waals surface area contributed by atoms with Crippen molar-refractivity contribution >= 4 is 42.7 Å². The van der Waals surface area contributed by atoms with Crippen LogP contribution in [-0.4, -0.2) is 50.7 Å². The van der Waals surface area contributed by atoms with Crippen LogP contribution < -0.4 is 0 Å². The molecular formula is C14H11N4O3Tl. The van der Waals surface area contributed by atoms with Crippen LogP contribution in [0.2, 0.25) is 0 Å². The third-order valence-electron chi connectivity index (χ3n) is 3.28. The summed E-state index contributed by atoms with van der Waals surface area (Å²) in [6, 6.07) is 8.59. The number of fused-ring (bicyclic) bond motifs is 1. The summed E-state index contributed by atoms with van der Waals surface area (Å²) in [6.45, 7) is 0.412. The second kappa shape index (κ2) is 6.09. The molecule has 108 valence electrons. The van der Waals surface area contributed by atoms with Crippen LogP contribution in [0.25, 0.3) is 22.2 Å². The number of rotatable bonds is 4. The van der Waals surface area contributed by atoms with Gasteiger partial charge in [0, 0.05) is 0 Å². The number of non-ortho nitro benzene ring substituents is 1. The van der Waals surface area contributed by atoms with Crippen LogP contribution in [0.15, 0.2) is 36.5 Å². The fraction of sp³-hybridized carbons (Fsp3) is 0.143. The van der Waals surface area contributed by atoms with E-state index in [0.29, 0.717) is 32.7 Å². The van der Waals surface area contributed by atoms with Crippen molar-refractivity contribution in [2.24, 2.45) is 0 Å². The predicted octanol–water partition coefficient (Wildman–Crippen LogP) is 2.08. The van der Waals surface area contributed by atoms with Crippen LogP contribution in [0, 0.1) is 10.1 Å². The Bertz CT molecular complexity index is 862. The van der Waals surface area contributed by atoms with Gasteiger partial charge in [0.1, 0.15) is 0 Å². The van der Waals surface area contributed by atoms with Gasteiger partial charge in [0.2, 0.25) is 0 Å². The number of nitro groups is 1. The van der Waals surface area contributed by atoms with E-state index in [1.54, 1.807) is 25.4 Å². The summed E-state index contributed by atoms with van der Waals surface area (Å²) in [5.74, 6) is 0. The molecule has 0 aliphatic carbocycles. The third kappa shape index (κ3) is 2.73. The molecule has 22 heavy (non-hydrogen) atoms. The fourth-order valence-electron chi connectivity index (χ4n) is 2.31. The summed E-state index contributed by atoms with van der Waals surface area (Å²) in [5.41, 5.74) is 3.39. The number of hydrogen-bond donors (Lipinski definition) is 0. The zero-order chi connectivity index (χ0) is 15.7. The van der Waals surface area contributed by atoms with Gasteiger partial charge in [-0.2, -0.15) is 0 Å². The first-order valence-corrected chi connectivity index (χ1v) is 8.47. The number of aromatic nitrogens is 3. The third-order valence-corrected chi connectivity index (χ3v) is 4.81. The molecule has 7 nitrogen and oxygen atoms in total. The van der Waals surface area contributed by atoms with Gasteiger partial charge in [-0.3, -0.25) is 0 Å². The maximum atomic E-state index is 11.0. The number of pyridine rings is 1. The van der Waals surface area contributed by atoms with E-state index in [0.717, 1.165) is 27.9 Å². The van der Waals surface area contributed by atoms with E-state index in [-0.39, 0.29) is 5.69 Å². The van der Waals surface area contributed by atoms with Gasteiger partial charge in [-0.15, -0.1) is 0 Å². The summed E-state index contributed by atoms with van der Waals surface area (Å²) < 4.78 is 6.97. The van der Waals surface area contributed by atoms with Crippen molar-refractivity contribution in [1.29, 1.82) is 0 Å². The van der Waals surface area contributed by atoms with Crippen molar-refractivity contribution in [3.8, 4) is 11.3 Å². The minimum absolute atomic E-state index is 0.0675. The quantitative estimate of drug-likeness (QED) is 0.320. The molecule has 0 unspecified atom stereocenters. The van der Waals surface area contributed by atoms with Crippen LogP contribution in [-0.2, 0) is 11.3 Å². The van der Waals surface area contributed by atoms with E-state index in [9.17, 15) is 10.1 Å². The molecule has 0 saturated heterocycles. The Morgan fingerprint density at radius 3 is 2.91 bits per heavy atom. The van der Waals surface area contributed by atoms with Crippen molar-refractivity contribution in [1.82, 2.24) is 12.6 Å². The molecule has 3 rings (SSSR count). The fourth-order valence-corrected chi connectivity index (χ4v) is 3.63. The predicted molar refractivity (Wildman–Crippen MR) is 81.5 cm³/mol. The first-order chi connectivity index (χ1) is 10.6. The molecule has 1 aromatic carbocycles. The summed E-state index contributed by atoms with van der Waals surface area (Å²) in [7, 11) is 1.61. The van der Waals surface area contributed by atoms with Gasteiger partial charge >= 0.3 is 142 Å². The Balaban J connectivity index is 2.19. The van der Waals surface area contributed by atoms with Crippen LogP contribution in [0.5, 0.6) is 0 Å². The number of ether oxygens (including phenoxy) is 1. The zero-order valence-electron chi connectivity index (χ0n) is 11.8. The monoisotopic (exact) mass is 488 g/mol. The van der Waals surface area contributed by atoms with Crippen molar-refractivity contribution in [2.75, 3.05) is 7.11 Å². The molecule has 0 amide bonds. The Morgan fingerprint density at radius 1 is 1.36 bits per heavy atom. The summed E-state index contributed by atoms with van der Waals surface area (Å²) in [6.07, 6.45) is 1.70. The van der Waals surface area contributed by atoms with Gasteiger partial charge in [0.25, 0.3) is 0 Å². The molecule has 0 aliphatic rings. The second-order valence-electron chi connectivity index (χ2n) is 4.72. The number of methoxy groups -OCH3 is 1. The first kappa shape index (κ1) is 15.0. The second-order valence-corrected chi connectivity index (χ2v) is 6.62. The van der Waals surface area contributed by atoms with Crippen molar-refractivity contribution in [3.05, 3.63) is 52.3 Å². The first-order valence-electron chi connectivity index (χ1n) is 6.46. The normalized spacial score (nSPS) is 10.9. The molecule has 0 atom stereocenters. The molecule has 0 bridgehead atoms. The number of nitrogens with zero attached hydrogens (tertiary/aromatic N) is 4. The van der Waals surface area contributed by atoms with Gasteiger partial charge < -0.3 is 0 Å². The van der Waals surface area contributed by atoms with Gasteiger partial charge in [0.15, 0.2) is 0 Å². The molecule has 0 saturated carbocycles. The molecule has 3 aromatic rings. The standard InChI is InChI=1S/C14H11N4O3.Tl/c1-21-8-10-6-9(4-5-15-10)14-12-7-11(18(19)20)2-3-13(12)16-17-14;/h2-7H,8H2,1H3;/q-1;+1. The van der Waals surface area contributed by atoms with E-state index in [2.05, 4.69) is 10.1 Å². The molecule has 2 heterocycles. The number of hydrogen-bond acceptors (Lipinski definition) is 5. The summed E-state index contributed by atoms with van der Waals surface area (Å²) in [5, 5.41) is 16.3. The van der Waals surface area contributed by atoms with Crippen LogP contribution in [0.3, 0.4) is 0 Å². The topological polar surface area (TPSA) is 83.1 Å². The van der Waals surface area contributed by atoms with Crippen molar-refractivity contribution < 1.29 is 9.66 Å². The average molecular weight is 488 g/mol. The molecule has 2 aromatic heterocycles. The molecule has 8 heteroatoms. The van der Waals surface area contributed by atoms with E-state index in [4.69, 9.17) is 4.74 Å². The minimum atomic E-state index is -0.390.